The monoisotopic (exact) mass is 1130 g/mol. The summed E-state index contributed by atoms with van der Waals surface area (Å²) in [5.74, 6) is -1.59. The van der Waals surface area contributed by atoms with Gasteiger partial charge in [-0.15, -0.1) is 89.3 Å². The molecule has 2 N–H and O–H groups in total. The van der Waals surface area contributed by atoms with Crippen LogP contribution in [-0.4, -0.2) is 64.2 Å². The number of rotatable bonds is 13. The zero-order chi connectivity index (χ0) is 41.2. The van der Waals surface area contributed by atoms with Crippen molar-refractivity contribution < 1.29 is 38.3 Å². The standard InChI is InChI=1S/C27H54O8P20/c1-14-17(34-48(54(46)51(40)41)55(52(42)43)53(44)45)12-27(31)22(33-23(29)15-8-6-5-7-9-15)21-25(4,11-16(28)20(14)24(27,2)3)18(10-19-26(21,30)13-32-19)35-47(49(36)37)50(38)39/h5-9,17-19,21-22,30-31H,10-13,36-46H2,1-4H3/t17?,18?,19?,21?,22?,25-,26+,27?,48?,54?/m1/s1. The minimum absolute atomic E-state index is 0.00166. The van der Waals surface area contributed by atoms with Gasteiger partial charge in [0.15, 0.2) is 5.78 Å². The Labute approximate surface area is 362 Å². The van der Waals surface area contributed by atoms with E-state index >= 15 is 4.79 Å². The number of Topliss-reactive ketones (excluding diaryl/α,β-unsaturated/α-hetero) is 1. The first-order valence-corrected chi connectivity index (χ1v) is 51.4. The van der Waals surface area contributed by atoms with E-state index in [2.05, 4.69) is 98.2 Å². The van der Waals surface area contributed by atoms with Gasteiger partial charge in [-0.25, -0.2) is 4.79 Å². The number of hydrogen-bond donors (Lipinski definition) is 2. The highest BCUT2D eigenvalue weighted by atomic mass is 33.2. The molecule has 3 aliphatic carbocycles. The molecular weight excluding hydrogens is 1070 g/mol. The van der Waals surface area contributed by atoms with E-state index in [-0.39, 0.29) is 25.2 Å². The quantitative estimate of drug-likeness (QED) is 0.148. The van der Waals surface area contributed by atoms with E-state index < -0.39 is 122 Å². The molecule has 19 unspecified atom stereocenters. The van der Waals surface area contributed by atoms with Gasteiger partial charge in [0.25, 0.3) is 0 Å². The Hall–Kier alpha value is 6.50. The van der Waals surface area contributed by atoms with Gasteiger partial charge in [-0.2, -0.15) is 0 Å². The van der Waals surface area contributed by atoms with Gasteiger partial charge in [0.05, 0.1) is 45.5 Å². The first kappa shape index (κ1) is 52.5. The van der Waals surface area contributed by atoms with E-state index in [1.165, 1.54) is 0 Å². The van der Waals surface area contributed by atoms with Gasteiger partial charge in [0.1, 0.15) is 17.3 Å². The Bertz CT molecular complexity index is 1590. The SMILES string of the molecule is CC1=C2C(=O)C[C@]3(C)C(OP(P(P)P)P(P)P)CC4OC[C@@]4(O)C3C(OC(=O)c3ccccc3)C(O)(CC1OP(P(P)P(P)P)P(P(P)P)P(P)P)C2(C)C. The van der Waals surface area contributed by atoms with Gasteiger partial charge in [-0.1, -0.05) is 47.9 Å². The lowest BCUT2D eigenvalue weighted by Crippen LogP contribution is -2.79. The average Bonchev–Trinajstić information content (AvgIpc) is 3.07. The predicted molar refractivity (Wildman–Crippen MR) is 291 cm³/mol. The highest BCUT2D eigenvalue weighted by Gasteiger charge is 2.74. The normalized spacial score (nSPS) is 34.5. The zero-order valence-electron chi connectivity index (χ0n) is 30.8. The second-order valence-corrected chi connectivity index (χ2v) is 87.2. The number of ketones is 1. The lowest BCUT2D eigenvalue weighted by atomic mass is 9.45. The third-order valence-corrected chi connectivity index (χ3v) is 104. The van der Waals surface area contributed by atoms with Crippen molar-refractivity contribution in [2.75, 3.05) is 6.61 Å². The molecule has 1 aromatic carbocycles. The van der Waals surface area contributed by atoms with Crippen molar-refractivity contribution >= 4 is 174 Å². The van der Waals surface area contributed by atoms with Crippen LogP contribution in [0.25, 0.3) is 0 Å². The number of fused-ring (bicyclic) bond motifs is 5. The van der Waals surface area contributed by atoms with Crippen LogP contribution in [0.1, 0.15) is 57.3 Å². The van der Waals surface area contributed by atoms with Gasteiger partial charge in [-0.3, -0.25) is 4.79 Å². The molecule has 0 amide bonds. The largest absolute Gasteiger partial charge is 0.455 e. The van der Waals surface area contributed by atoms with Crippen molar-refractivity contribution in [2.24, 2.45) is 16.7 Å². The summed E-state index contributed by atoms with van der Waals surface area (Å²) in [6.07, 6.45) is -2.47. The van der Waals surface area contributed by atoms with E-state index in [1.54, 1.807) is 24.3 Å². The molecule has 55 heavy (non-hydrogen) atoms. The van der Waals surface area contributed by atoms with Crippen LogP contribution >= 0.6 is 162 Å². The van der Waals surface area contributed by atoms with Gasteiger partial charge >= 0.3 is 5.97 Å². The van der Waals surface area contributed by atoms with Crippen molar-refractivity contribution in [3.8, 4) is 0 Å². The lowest BCUT2D eigenvalue weighted by molar-refractivity contribution is -0.345. The summed E-state index contributed by atoms with van der Waals surface area (Å²) < 4.78 is 27.4. The highest BCUT2D eigenvalue weighted by Crippen LogP contribution is 3.17. The third-order valence-electron chi connectivity index (χ3n) is 11.2. The summed E-state index contributed by atoms with van der Waals surface area (Å²) in [7, 11) is 31.0. The van der Waals surface area contributed by atoms with Gasteiger partial charge in [-0.05, 0) is 59.6 Å². The molecule has 1 aromatic rings. The van der Waals surface area contributed by atoms with Crippen LogP contribution in [0.5, 0.6) is 0 Å². The van der Waals surface area contributed by atoms with Crippen LogP contribution in [0.4, 0.5) is 0 Å². The Balaban J connectivity index is 1.76. The number of aliphatic hydroxyl groups is 2. The number of carbonyl (C=O) groups is 2. The Morgan fingerprint density at radius 1 is 0.836 bits per heavy atom. The second kappa shape index (κ2) is 21.2. The molecule has 2 bridgehead atoms. The van der Waals surface area contributed by atoms with E-state index in [9.17, 15) is 15.0 Å². The summed E-state index contributed by atoms with van der Waals surface area (Å²) in [5, 5.41) is 26.7. The predicted octanol–water partition coefficient (Wildman–Crippen LogP) is 13.9. The fourth-order valence-corrected chi connectivity index (χ4v) is 137. The lowest BCUT2D eigenvalue weighted by Gasteiger charge is -2.67. The molecule has 8 nitrogen and oxygen atoms in total. The van der Waals surface area contributed by atoms with Crippen molar-refractivity contribution in [3.05, 3.63) is 47.0 Å². The summed E-state index contributed by atoms with van der Waals surface area (Å²) in [6, 6.07) is 8.79. The molecule has 21 atom stereocenters. The number of esters is 1. The summed E-state index contributed by atoms with van der Waals surface area (Å²) in [6.45, 7) is 3.80. The summed E-state index contributed by atoms with van der Waals surface area (Å²) in [4.78, 5) is 29.6. The van der Waals surface area contributed by atoms with Crippen molar-refractivity contribution in [3.63, 3.8) is 0 Å². The smallest absolute Gasteiger partial charge is 0.338 e. The maximum absolute atomic E-state index is 15.3. The minimum Gasteiger partial charge on any atom is -0.455 e. The van der Waals surface area contributed by atoms with Gasteiger partial charge in [0.2, 0.25) is 0 Å². The second-order valence-electron chi connectivity index (χ2n) is 14.8. The van der Waals surface area contributed by atoms with Crippen LogP contribution in [0.2, 0.25) is 0 Å². The van der Waals surface area contributed by atoms with E-state index in [0.29, 0.717) is 17.6 Å². The molecule has 5 rings (SSSR count). The van der Waals surface area contributed by atoms with Crippen molar-refractivity contribution in [1.29, 1.82) is 0 Å². The number of ether oxygens (including phenoxy) is 2. The zero-order valence-corrected chi connectivity index (χ0v) is 51.6. The molecule has 1 saturated heterocycles. The van der Waals surface area contributed by atoms with Crippen LogP contribution in [-0.2, 0) is 23.3 Å². The van der Waals surface area contributed by atoms with E-state index in [0.717, 1.165) is 5.57 Å². The molecule has 4 aliphatic rings. The molecule has 2 saturated carbocycles. The first-order valence-electron chi connectivity index (χ1n) is 16.8. The molecule has 28 heteroatoms. The van der Waals surface area contributed by atoms with Crippen molar-refractivity contribution in [2.45, 2.75) is 82.6 Å². The van der Waals surface area contributed by atoms with Crippen LogP contribution in [0.15, 0.2) is 41.5 Å². The molecule has 0 spiro atoms. The minimum atomic E-state index is -1.83. The number of carbonyl (C=O) groups excluding carboxylic acids is 2. The van der Waals surface area contributed by atoms with Crippen LogP contribution < -0.4 is 0 Å². The summed E-state index contributed by atoms with van der Waals surface area (Å²) in [5.41, 5.74) is -3.83. The van der Waals surface area contributed by atoms with Gasteiger partial charge < -0.3 is 28.7 Å². The van der Waals surface area contributed by atoms with Crippen molar-refractivity contribution in [1.82, 2.24) is 0 Å². The fourth-order valence-electron chi connectivity index (χ4n) is 8.53. The molecule has 0 radical (unpaired) electrons. The number of benzene rings is 1. The third kappa shape index (κ3) is 10.6. The van der Waals surface area contributed by atoms with Crippen LogP contribution in [0.3, 0.4) is 0 Å². The molecule has 3 fully saturated rings. The highest BCUT2D eigenvalue weighted by molar-refractivity contribution is 9.19. The topological polar surface area (TPSA) is 112 Å². The average molecular weight is 1130 g/mol. The fraction of sp³-hybridized carbons (Fsp3) is 0.630. The maximum Gasteiger partial charge on any atom is 0.338 e. The Morgan fingerprint density at radius 2 is 1.42 bits per heavy atom. The molecule has 0 aromatic heterocycles. The first-order chi connectivity index (χ1) is 25.4. The Kier molecular flexibility index (Phi) is 20.2. The molecule has 310 valence electrons. The summed E-state index contributed by atoms with van der Waals surface area (Å²) >= 11 is 0. The molecule has 1 aliphatic heterocycles. The number of hydrogen-bond acceptors (Lipinski definition) is 8. The molecular formula is C27H54O8P20. The maximum atomic E-state index is 15.3. The van der Waals surface area contributed by atoms with E-state index in [4.69, 9.17) is 18.5 Å². The van der Waals surface area contributed by atoms with Crippen LogP contribution in [0, 0.1) is 16.7 Å². The van der Waals surface area contributed by atoms with E-state index in [1.807, 2.05) is 33.8 Å². The Morgan fingerprint density at radius 3 is 1.91 bits per heavy atom. The molecule has 1 heterocycles. The van der Waals surface area contributed by atoms with Gasteiger partial charge in [0, 0.05) is 55.6 Å².